The maximum atomic E-state index is 6.03. The molecular formula is C16H23NO2. The van der Waals surface area contributed by atoms with Crippen LogP contribution in [0.4, 0.5) is 0 Å². The summed E-state index contributed by atoms with van der Waals surface area (Å²) in [6.45, 7) is 8.08. The number of fused-ring (bicyclic) bond motifs is 1. The van der Waals surface area contributed by atoms with Gasteiger partial charge in [0.2, 0.25) is 0 Å². The highest BCUT2D eigenvalue weighted by Gasteiger charge is 2.39. The predicted octanol–water partition coefficient (Wildman–Crippen LogP) is 2.66. The molecule has 0 saturated carbocycles. The first-order chi connectivity index (χ1) is 9.12. The van der Waals surface area contributed by atoms with Crippen LogP contribution in [-0.2, 0) is 16.0 Å². The van der Waals surface area contributed by atoms with Crippen molar-refractivity contribution in [3.63, 3.8) is 0 Å². The lowest BCUT2D eigenvalue weighted by molar-refractivity contribution is -0.301. The van der Waals surface area contributed by atoms with Gasteiger partial charge in [0.25, 0.3) is 0 Å². The molecule has 3 nitrogen and oxygen atoms in total. The Morgan fingerprint density at radius 2 is 2.05 bits per heavy atom. The third-order valence-corrected chi connectivity index (χ3v) is 4.08. The van der Waals surface area contributed by atoms with Crippen LogP contribution >= 0.6 is 0 Å². The molecule has 2 atom stereocenters. The van der Waals surface area contributed by atoms with Crippen LogP contribution < -0.4 is 0 Å². The first kappa shape index (κ1) is 13.1. The Hall–Kier alpha value is -0.900. The highest BCUT2D eigenvalue weighted by Crippen LogP contribution is 2.31. The highest BCUT2D eigenvalue weighted by atomic mass is 16.7. The van der Waals surface area contributed by atoms with E-state index in [-0.39, 0.29) is 0 Å². The number of nitrogens with zero attached hydrogens (tertiary/aromatic N) is 1. The van der Waals surface area contributed by atoms with E-state index < -0.39 is 5.79 Å². The number of benzene rings is 1. The van der Waals surface area contributed by atoms with Gasteiger partial charge in [-0.25, -0.2) is 0 Å². The maximum Gasteiger partial charge on any atom is 0.163 e. The summed E-state index contributed by atoms with van der Waals surface area (Å²) < 4.78 is 11.8. The summed E-state index contributed by atoms with van der Waals surface area (Å²) in [6, 6.07) is 10.7. The lowest BCUT2D eigenvalue weighted by Gasteiger charge is -2.46. The van der Waals surface area contributed by atoms with E-state index in [1.807, 2.05) is 13.8 Å². The number of hydrogen-bond donors (Lipinski definition) is 0. The van der Waals surface area contributed by atoms with Gasteiger partial charge in [-0.3, -0.25) is 4.90 Å². The molecule has 0 aromatic heterocycles. The minimum absolute atomic E-state index is 0.371. The van der Waals surface area contributed by atoms with Crippen molar-refractivity contribution in [1.29, 1.82) is 0 Å². The standard InChI is InChI=1S/C16H23NO2/c1-16(2)18-12-14-11-17(9-8-15(14)19-16)10-13-6-4-3-5-7-13/h3-7,14-15H,8-12H2,1-2H3/t14?,15-/m1/s1. The average Bonchev–Trinajstić information content (AvgIpc) is 2.39. The molecule has 3 rings (SSSR count). The fraction of sp³-hybridized carbons (Fsp3) is 0.625. The van der Waals surface area contributed by atoms with Crippen molar-refractivity contribution < 1.29 is 9.47 Å². The van der Waals surface area contributed by atoms with Crippen molar-refractivity contribution in [2.75, 3.05) is 19.7 Å². The Morgan fingerprint density at radius 1 is 1.26 bits per heavy atom. The number of rotatable bonds is 2. The average molecular weight is 261 g/mol. The van der Waals surface area contributed by atoms with Gasteiger partial charge in [-0.05, 0) is 25.8 Å². The minimum atomic E-state index is -0.400. The fourth-order valence-electron chi connectivity index (χ4n) is 3.09. The summed E-state index contributed by atoms with van der Waals surface area (Å²) in [5.41, 5.74) is 1.39. The van der Waals surface area contributed by atoms with Crippen molar-refractivity contribution in [2.45, 2.75) is 38.7 Å². The van der Waals surface area contributed by atoms with E-state index >= 15 is 0 Å². The third-order valence-electron chi connectivity index (χ3n) is 4.08. The molecule has 0 radical (unpaired) electrons. The molecule has 2 aliphatic heterocycles. The van der Waals surface area contributed by atoms with Crippen LogP contribution in [0.15, 0.2) is 30.3 Å². The quantitative estimate of drug-likeness (QED) is 0.817. The summed E-state index contributed by atoms with van der Waals surface area (Å²) in [5.74, 6) is 0.119. The van der Waals surface area contributed by atoms with Gasteiger partial charge in [0.15, 0.2) is 5.79 Å². The fourth-order valence-corrected chi connectivity index (χ4v) is 3.09. The molecule has 1 unspecified atom stereocenters. The zero-order valence-corrected chi connectivity index (χ0v) is 11.8. The van der Waals surface area contributed by atoms with Crippen LogP contribution in [0, 0.1) is 5.92 Å². The summed E-state index contributed by atoms with van der Waals surface area (Å²) in [7, 11) is 0. The van der Waals surface area contributed by atoms with Crippen LogP contribution in [-0.4, -0.2) is 36.5 Å². The molecule has 2 aliphatic rings. The van der Waals surface area contributed by atoms with E-state index in [1.54, 1.807) is 0 Å². The van der Waals surface area contributed by atoms with Crippen LogP contribution in [0.5, 0.6) is 0 Å². The van der Waals surface area contributed by atoms with Gasteiger partial charge in [-0.1, -0.05) is 30.3 Å². The van der Waals surface area contributed by atoms with Crippen molar-refractivity contribution in [3.05, 3.63) is 35.9 Å². The highest BCUT2D eigenvalue weighted by molar-refractivity contribution is 5.14. The minimum Gasteiger partial charge on any atom is -0.350 e. The number of hydrogen-bond acceptors (Lipinski definition) is 3. The molecule has 0 aliphatic carbocycles. The third kappa shape index (κ3) is 3.16. The van der Waals surface area contributed by atoms with Gasteiger partial charge in [0, 0.05) is 25.6 Å². The lowest BCUT2D eigenvalue weighted by Crippen LogP contribution is -2.53. The second kappa shape index (κ2) is 5.23. The van der Waals surface area contributed by atoms with Gasteiger partial charge in [-0.15, -0.1) is 0 Å². The summed E-state index contributed by atoms with van der Waals surface area (Å²) in [5, 5.41) is 0. The van der Waals surface area contributed by atoms with Gasteiger partial charge in [0.05, 0.1) is 12.7 Å². The number of ether oxygens (including phenoxy) is 2. The zero-order chi connectivity index (χ0) is 13.3. The topological polar surface area (TPSA) is 21.7 Å². The predicted molar refractivity (Wildman–Crippen MR) is 74.7 cm³/mol. The molecule has 2 saturated heterocycles. The van der Waals surface area contributed by atoms with Crippen LogP contribution in [0.1, 0.15) is 25.8 Å². The Morgan fingerprint density at radius 3 is 2.84 bits per heavy atom. The van der Waals surface area contributed by atoms with Crippen molar-refractivity contribution >= 4 is 0 Å². The van der Waals surface area contributed by atoms with Crippen molar-refractivity contribution in [1.82, 2.24) is 4.90 Å². The van der Waals surface area contributed by atoms with Crippen molar-refractivity contribution in [3.8, 4) is 0 Å². The molecule has 1 aromatic carbocycles. The molecule has 0 bridgehead atoms. The Bertz CT molecular complexity index is 418. The monoisotopic (exact) mass is 261 g/mol. The first-order valence-corrected chi connectivity index (χ1v) is 7.20. The number of piperidine rings is 1. The van der Waals surface area contributed by atoms with Gasteiger partial charge < -0.3 is 9.47 Å². The molecule has 2 fully saturated rings. The van der Waals surface area contributed by atoms with Gasteiger partial charge in [0.1, 0.15) is 0 Å². The molecule has 0 spiro atoms. The molecule has 1 aromatic rings. The summed E-state index contributed by atoms with van der Waals surface area (Å²) >= 11 is 0. The van der Waals surface area contributed by atoms with E-state index in [2.05, 4.69) is 35.2 Å². The van der Waals surface area contributed by atoms with Crippen LogP contribution in [0.2, 0.25) is 0 Å². The Labute approximate surface area is 115 Å². The van der Waals surface area contributed by atoms with E-state index in [0.717, 1.165) is 32.7 Å². The molecule has 19 heavy (non-hydrogen) atoms. The molecule has 0 N–H and O–H groups in total. The van der Waals surface area contributed by atoms with Crippen molar-refractivity contribution in [2.24, 2.45) is 5.92 Å². The summed E-state index contributed by atoms with van der Waals surface area (Å²) in [4.78, 5) is 2.52. The van der Waals surface area contributed by atoms with E-state index in [9.17, 15) is 0 Å². The molecular weight excluding hydrogens is 238 g/mol. The second-order valence-electron chi connectivity index (χ2n) is 6.14. The zero-order valence-electron chi connectivity index (χ0n) is 11.8. The smallest absolute Gasteiger partial charge is 0.163 e. The van der Waals surface area contributed by atoms with E-state index in [4.69, 9.17) is 9.47 Å². The molecule has 2 heterocycles. The Kier molecular flexibility index (Phi) is 3.61. The van der Waals surface area contributed by atoms with Gasteiger partial charge >= 0.3 is 0 Å². The second-order valence-corrected chi connectivity index (χ2v) is 6.14. The molecule has 3 heteroatoms. The van der Waals surface area contributed by atoms with Crippen LogP contribution in [0.3, 0.4) is 0 Å². The summed E-state index contributed by atoms with van der Waals surface area (Å²) in [6.07, 6.45) is 1.49. The lowest BCUT2D eigenvalue weighted by atomic mass is 9.93. The Balaban J connectivity index is 1.58. The van der Waals surface area contributed by atoms with Gasteiger partial charge in [-0.2, -0.15) is 0 Å². The maximum absolute atomic E-state index is 6.03. The van der Waals surface area contributed by atoms with E-state index in [1.165, 1.54) is 5.56 Å². The molecule has 104 valence electrons. The SMILES string of the molecule is CC1(C)OCC2CN(Cc3ccccc3)CC[C@H]2O1. The first-order valence-electron chi connectivity index (χ1n) is 7.20. The largest absolute Gasteiger partial charge is 0.350 e. The number of likely N-dealkylation sites (tertiary alicyclic amines) is 1. The normalized spacial score (nSPS) is 30.8. The van der Waals surface area contributed by atoms with Crippen LogP contribution in [0.25, 0.3) is 0 Å². The van der Waals surface area contributed by atoms with E-state index in [0.29, 0.717) is 12.0 Å². The molecule has 0 amide bonds.